The number of hydrogen-bond donors (Lipinski definition) is 1. The third kappa shape index (κ3) is 2.32. The van der Waals surface area contributed by atoms with Crippen LogP contribution >= 0.6 is 0 Å². The molecule has 3 rings (SSSR count). The van der Waals surface area contributed by atoms with E-state index >= 15 is 0 Å². The summed E-state index contributed by atoms with van der Waals surface area (Å²) in [5.41, 5.74) is 1.92. The monoisotopic (exact) mass is 259 g/mol. The Bertz CT molecular complexity index is 525. The molecule has 0 bridgehead atoms. The molecule has 2 fully saturated rings. The topological polar surface area (TPSA) is 62.3 Å². The highest BCUT2D eigenvalue weighted by molar-refractivity contribution is 5.95. The molecule has 100 valence electrons. The average Bonchev–Trinajstić information content (AvgIpc) is 3.21. The van der Waals surface area contributed by atoms with Gasteiger partial charge in [-0.25, -0.2) is 0 Å². The molecule has 1 saturated carbocycles. The fourth-order valence-corrected chi connectivity index (χ4v) is 2.58. The van der Waals surface area contributed by atoms with Crippen molar-refractivity contribution in [1.82, 2.24) is 15.2 Å². The van der Waals surface area contributed by atoms with Gasteiger partial charge in [0, 0.05) is 6.20 Å². The van der Waals surface area contributed by atoms with Crippen molar-refractivity contribution in [2.24, 2.45) is 5.92 Å². The molecule has 19 heavy (non-hydrogen) atoms. The van der Waals surface area contributed by atoms with Crippen LogP contribution in [0, 0.1) is 12.8 Å². The van der Waals surface area contributed by atoms with E-state index in [0.29, 0.717) is 12.5 Å². The standard InChI is InChI=1S/C14H17N3O2/c1-9-3-2-6-15-11(9)8-17-12(18)7-16-14(19)13(17)10-4-5-10/h2-3,6,10,13H,4-5,7-8H2,1H3,(H,16,19). The predicted octanol–water partition coefficient (Wildman–Crippen LogP) is 0.627. The molecule has 1 aromatic rings. The highest BCUT2D eigenvalue weighted by Crippen LogP contribution is 2.37. The average molecular weight is 259 g/mol. The normalized spacial score (nSPS) is 23.4. The van der Waals surface area contributed by atoms with Crippen LogP contribution < -0.4 is 5.32 Å². The number of piperazine rings is 1. The van der Waals surface area contributed by atoms with Crippen molar-refractivity contribution in [1.29, 1.82) is 0 Å². The maximum absolute atomic E-state index is 12.1. The van der Waals surface area contributed by atoms with E-state index in [-0.39, 0.29) is 24.4 Å². The first-order valence-corrected chi connectivity index (χ1v) is 6.64. The molecule has 2 aliphatic rings. The quantitative estimate of drug-likeness (QED) is 0.866. The minimum Gasteiger partial charge on any atom is -0.345 e. The molecule has 1 aromatic heterocycles. The predicted molar refractivity (Wildman–Crippen MR) is 69.0 cm³/mol. The molecule has 0 spiro atoms. The van der Waals surface area contributed by atoms with Crippen molar-refractivity contribution >= 4 is 11.8 Å². The summed E-state index contributed by atoms with van der Waals surface area (Å²) in [6, 6.07) is 3.55. The Morgan fingerprint density at radius 3 is 2.89 bits per heavy atom. The Morgan fingerprint density at radius 2 is 2.21 bits per heavy atom. The minimum atomic E-state index is -0.303. The van der Waals surface area contributed by atoms with Gasteiger partial charge >= 0.3 is 0 Å². The molecule has 1 saturated heterocycles. The summed E-state index contributed by atoms with van der Waals surface area (Å²) in [4.78, 5) is 30.1. The van der Waals surface area contributed by atoms with E-state index in [1.165, 1.54) is 0 Å². The molecule has 0 radical (unpaired) electrons. The van der Waals surface area contributed by atoms with Crippen molar-refractivity contribution < 1.29 is 9.59 Å². The van der Waals surface area contributed by atoms with Gasteiger partial charge in [0.2, 0.25) is 11.8 Å². The summed E-state index contributed by atoms with van der Waals surface area (Å²) in [5, 5.41) is 2.68. The molecule has 5 nitrogen and oxygen atoms in total. The lowest BCUT2D eigenvalue weighted by Gasteiger charge is -2.35. The van der Waals surface area contributed by atoms with Gasteiger partial charge in [0.25, 0.3) is 0 Å². The molecular formula is C14H17N3O2. The van der Waals surface area contributed by atoms with E-state index in [1.54, 1.807) is 11.1 Å². The van der Waals surface area contributed by atoms with Gasteiger partial charge in [-0.2, -0.15) is 0 Å². The number of carbonyl (C=O) groups excluding carboxylic acids is 2. The molecule has 1 aliphatic carbocycles. The molecule has 2 heterocycles. The molecule has 1 atom stereocenters. The van der Waals surface area contributed by atoms with Crippen molar-refractivity contribution in [2.45, 2.75) is 32.4 Å². The summed E-state index contributed by atoms with van der Waals surface area (Å²) in [6.45, 7) is 2.51. The Kier molecular flexibility index (Phi) is 2.97. The van der Waals surface area contributed by atoms with Crippen molar-refractivity contribution in [3.8, 4) is 0 Å². The lowest BCUT2D eigenvalue weighted by atomic mass is 10.1. The van der Waals surface area contributed by atoms with E-state index in [4.69, 9.17) is 0 Å². The summed E-state index contributed by atoms with van der Waals surface area (Å²) in [7, 11) is 0. The van der Waals surface area contributed by atoms with Crippen LogP contribution in [0.5, 0.6) is 0 Å². The van der Waals surface area contributed by atoms with Gasteiger partial charge in [-0.05, 0) is 37.3 Å². The number of aryl methyl sites for hydroxylation is 1. The lowest BCUT2D eigenvalue weighted by molar-refractivity contribution is -0.147. The highest BCUT2D eigenvalue weighted by Gasteiger charge is 2.44. The van der Waals surface area contributed by atoms with Gasteiger partial charge in [0.1, 0.15) is 6.04 Å². The van der Waals surface area contributed by atoms with Gasteiger partial charge in [-0.1, -0.05) is 6.07 Å². The van der Waals surface area contributed by atoms with Crippen molar-refractivity contribution in [2.75, 3.05) is 6.54 Å². The second kappa shape index (κ2) is 4.64. The van der Waals surface area contributed by atoms with E-state index in [2.05, 4.69) is 10.3 Å². The zero-order chi connectivity index (χ0) is 13.4. The van der Waals surface area contributed by atoms with Crippen LogP contribution in [0.4, 0.5) is 0 Å². The number of amides is 2. The number of nitrogens with zero attached hydrogens (tertiary/aromatic N) is 2. The number of nitrogens with one attached hydrogen (secondary N) is 1. The fraction of sp³-hybridized carbons (Fsp3) is 0.500. The number of aromatic nitrogens is 1. The fourth-order valence-electron chi connectivity index (χ4n) is 2.58. The summed E-state index contributed by atoms with van der Waals surface area (Å²) < 4.78 is 0. The first-order chi connectivity index (χ1) is 9.16. The van der Waals surface area contributed by atoms with Crippen LogP contribution in [0.15, 0.2) is 18.3 Å². The third-order valence-electron chi connectivity index (χ3n) is 3.85. The maximum atomic E-state index is 12.1. The van der Waals surface area contributed by atoms with Gasteiger partial charge in [0.05, 0.1) is 18.8 Å². The van der Waals surface area contributed by atoms with Gasteiger partial charge < -0.3 is 10.2 Å². The van der Waals surface area contributed by atoms with Crippen LogP contribution in [0.25, 0.3) is 0 Å². The van der Waals surface area contributed by atoms with Crippen LogP contribution in [0.2, 0.25) is 0 Å². The summed E-state index contributed by atoms with van der Waals surface area (Å²) in [5.74, 6) is 0.297. The molecule has 1 N–H and O–H groups in total. The highest BCUT2D eigenvalue weighted by atomic mass is 16.2. The zero-order valence-corrected chi connectivity index (χ0v) is 10.9. The molecule has 2 amide bonds. The van der Waals surface area contributed by atoms with Gasteiger partial charge in [-0.3, -0.25) is 14.6 Å². The molecular weight excluding hydrogens is 242 g/mol. The van der Waals surface area contributed by atoms with Crippen molar-refractivity contribution in [3.63, 3.8) is 0 Å². The SMILES string of the molecule is Cc1cccnc1CN1C(=O)CNC(=O)C1C1CC1. The minimum absolute atomic E-state index is 0.0125. The molecule has 1 unspecified atom stereocenters. The van der Waals surface area contributed by atoms with E-state index in [1.807, 2.05) is 19.1 Å². The van der Waals surface area contributed by atoms with E-state index < -0.39 is 0 Å². The van der Waals surface area contributed by atoms with Crippen LogP contribution in [-0.2, 0) is 16.1 Å². The summed E-state index contributed by atoms with van der Waals surface area (Å²) >= 11 is 0. The van der Waals surface area contributed by atoms with Crippen LogP contribution in [0.3, 0.4) is 0 Å². The zero-order valence-electron chi connectivity index (χ0n) is 10.9. The molecule has 5 heteroatoms. The smallest absolute Gasteiger partial charge is 0.243 e. The Morgan fingerprint density at radius 1 is 1.42 bits per heavy atom. The first-order valence-electron chi connectivity index (χ1n) is 6.64. The molecule has 0 aromatic carbocycles. The number of rotatable bonds is 3. The van der Waals surface area contributed by atoms with E-state index in [0.717, 1.165) is 24.1 Å². The van der Waals surface area contributed by atoms with Gasteiger partial charge in [0.15, 0.2) is 0 Å². The first kappa shape index (κ1) is 12.1. The lowest BCUT2D eigenvalue weighted by Crippen LogP contribution is -2.58. The Hall–Kier alpha value is -1.91. The van der Waals surface area contributed by atoms with Crippen LogP contribution in [-0.4, -0.2) is 34.3 Å². The maximum Gasteiger partial charge on any atom is 0.243 e. The Labute approximate surface area is 112 Å². The largest absolute Gasteiger partial charge is 0.345 e. The number of carbonyl (C=O) groups is 2. The molecule has 1 aliphatic heterocycles. The second-order valence-electron chi connectivity index (χ2n) is 5.29. The third-order valence-corrected chi connectivity index (χ3v) is 3.85. The van der Waals surface area contributed by atoms with Gasteiger partial charge in [-0.15, -0.1) is 0 Å². The van der Waals surface area contributed by atoms with Crippen LogP contribution in [0.1, 0.15) is 24.1 Å². The number of pyridine rings is 1. The summed E-state index contributed by atoms with van der Waals surface area (Å²) in [6.07, 6.45) is 3.79. The van der Waals surface area contributed by atoms with Crippen molar-refractivity contribution in [3.05, 3.63) is 29.6 Å². The second-order valence-corrected chi connectivity index (χ2v) is 5.29. The Balaban J connectivity index is 1.85. The van der Waals surface area contributed by atoms with E-state index in [9.17, 15) is 9.59 Å². The number of hydrogen-bond acceptors (Lipinski definition) is 3.